The summed E-state index contributed by atoms with van der Waals surface area (Å²) in [7, 11) is 0. The molecule has 16 heavy (non-hydrogen) atoms. The van der Waals surface area contributed by atoms with Crippen LogP contribution >= 0.6 is 0 Å². The summed E-state index contributed by atoms with van der Waals surface area (Å²) in [5, 5.41) is 0. The largest absolute Gasteiger partial charge is 0.501 e. The van der Waals surface area contributed by atoms with E-state index in [4.69, 9.17) is 4.74 Å². The van der Waals surface area contributed by atoms with Crippen LogP contribution in [0.5, 0.6) is 0 Å². The lowest BCUT2D eigenvalue weighted by Crippen LogP contribution is -2.09. The Morgan fingerprint density at radius 1 is 1.31 bits per heavy atom. The Balaban J connectivity index is 2.16. The number of ketones is 1. The molecule has 84 valence electrons. The number of Topliss-reactive ketones (excluding diaryl/α,β-unsaturated/α-hetero) is 1. The van der Waals surface area contributed by atoms with E-state index in [0.29, 0.717) is 0 Å². The topological polar surface area (TPSA) is 26.3 Å². The van der Waals surface area contributed by atoms with Gasteiger partial charge in [0.15, 0.2) is 5.78 Å². The van der Waals surface area contributed by atoms with Crippen LogP contribution in [0.4, 0.5) is 0 Å². The summed E-state index contributed by atoms with van der Waals surface area (Å²) >= 11 is 0. The van der Waals surface area contributed by atoms with Crippen molar-refractivity contribution in [1.82, 2.24) is 0 Å². The van der Waals surface area contributed by atoms with Gasteiger partial charge < -0.3 is 4.74 Å². The van der Waals surface area contributed by atoms with Crippen LogP contribution in [0.3, 0.4) is 0 Å². The molecule has 0 saturated carbocycles. The van der Waals surface area contributed by atoms with Crippen LogP contribution in [0.25, 0.3) is 0 Å². The average Bonchev–Trinajstić information content (AvgIpc) is 2.39. The Labute approximate surface area is 95.9 Å². The van der Waals surface area contributed by atoms with Gasteiger partial charge in [-0.3, -0.25) is 4.79 Å². The van der Waals surface area contributed by atoms with E-state index in [1.807, 2.05) is 24.3 Å². The Bertz CT molecular complexity index is 401. The second-order valence-corrected chi connectivity index (χ2v) is 4.00. The molecule has 0 amide bonds. The molecule has 0 bridgehead atoms. The van der Waals surface area contributed by atoms with Gasteiger partial charge in [0.1, 0.15) is 0 Å². The number of carbonyl (C=O) groups is 1. The van der Waals surface area contributed by atoms with E-state index >= 15 is 0 Å². The van der Waals surface area contributed by atoms with Gasteiger partial charge in [0.2, 0.25) is 0 Å². The zero-order chi connectivity index (χ0) is 11.4. The molecule has 0 atom stereocenters. The van der Waals surface area contributed by atoms with Gasteiger partial charge in [-0.2, -0.15) is 0 Å². The van der Waals surface area contributed by atoms with Crippen LogP contribution in [-0.4, -0.2) is 12.4 Å². The predicted octanol–water partition coefficient (Wildman–Crippen LogP) is 3.13. The fraction of sp³-hybridized carbons (Fsp3) is 0.357. The number of allylic oxidation sites excluding steroid dienone is 1. The minimum atomic E-state index is 0.0994. The molecular formula is C14H16O2. The highest BCUT2D eigenvalue weighted by atomic mass is 16.5. The van der Waals surface area contributed by atoms with Crippen molar-refractivity contribution in [3.05, 3.63) is 47.2 Å². The number of hydrogen-bond acceptors (Lipinski definition) is 2. The second kappa shape index (κ2) is 4.97. The van der Waals surface area contributed by atoms with Crippen LogP contribution in [0.1, 0.15) is 35.7 Å². The van der Waals surface area contributed by atoms with E-state index in [1.54, 1.807) is 6.26 Å². The SMILES string of the molecule is CCc1ccc(C(=O)C2=COCCC2)cc1. The molecule has 2 heteroatoms. The third-order valence-electron chi connectivity index (χ3n) is 2.85. The molecule has 0 spiro atoms. The van der Waals surface area contributed by atoms with Crippen molar-refractivity contribution >= 4 is 5.78 Å². The number of aryl methyl sites for hydroxylation is 1. The normalized spacial score (nSPS) is 15.2. The molecule has 2 rings (SSSR count). The summed E-state index contributed by atoms with van der Waals surface area (Å²) in [4.78, 5) is 12.1. The summed E-state index contributed by atoms with van der Waals surface area (Å²) < 4.78 is 5.19. The van der Waals surface area contributed by atoms with Gasteiger partial charge >= 0.3 is 0 Å². The van der Waals surface area contributed by atoms with Crippen LogP contribution in [0.2, 0.25) is 0 Å². The molecule has 0 aromatic heterocycles. The maximum absolute atomic E-state index is 12.1. The van der Waals surface area contributed by atoms with Crippen LogP contribution in [-0.2, 0) is 11.2 Å². The summed E-state index contributed by atoms with van der Waals surface area (Å²) in [5.74, 6) is 0.0994. The molecule has 1 aromatic carbocycles. The van der Waals surface area contributed by atoms with Crippen molar-refractivity contribution in [3.8, 4) is 0 Å². The van der Waals surface area contributed by atoms with E-state index in [0.717, 1.165) is 37.0 Å². The number of carbonyl (C=O) groups excluding carboxylic acids is 1. The highest BCUT2D eigenvalue weighted by Crippen LogP contribution is 2.17. The predicted molar refractivity (Wildman–Crippen MR) is 63.4 cm³/mol. The first-order valence-electron chi connectivity index (χ1n) is 5.75. The van der Waals surface area contributed by atoms with Crippen LogP contribution < -0.4 is 0 Å². The van der Waals surface area contributed by atoms with Crippen molar-refractivity contribution in [2.24, 2.45) is 0 Å². The van der Waals surface area contributed by atoms with Crippen molar-refractivity contribution in [2.45, 2.75) is 26.2 Å². The van der Waals surface area contributed by atoms with Crippen molar-refractivity contribution in [3.63, 3.8) is 0 Å². The van der Waals surface area contributed by atoms with Gasteiger partial charge in [-0.05, 0) is 24.8 Å². The Morgan fingerprint density at radius 2 is 2.06 bits per heavy atom. The highest BCUT2D eigenvalue weighted by molar-refractivity contribution is 6.08. The summed E-state index contributed by atoms with van der Waals surface area (Å²) in [6.45, 7) is 2.83. The van der Waals surface area contributed by atoms with E-state index in [1.165, 1.54) is 5.56 Å². The zero-order valence-electron chi connectivity index (χ0n) is 9.53. The van der Waals surface area contributed by atoms with Gasteiger partial charge in [0, 0.05) is 11.1 Å². The van der Waals surface area contributed by atoms with Gasteiger partial charge in [-0.25, -0.2) is 0 Å². The molecule has 1 aliphatic rings. The maximum atomic E-state index is 12.1. The molecule has 1 aromatic rings. The van der Waals surface area contributed by atoms with Gasteiger partial charge in [-0.15, -0.1) is 0 Å². The van der Waals surface area contributed by atoms with Gasteiger partial charge in [0.05, 0.1) is 12.9 Å². The van der Waals surface area contributed by atoms with E-state index in [9.17, 15) is 4.79 Å². The van der Waals surface area contributed by atoms with Crippen molar-refractivity contribution in [1.29, 1.82) is 0 Å². The molecule has 0 fully saturated rings. The summed E-state index contributed by atoms with van der Waals surface area (Å²) in [5.41, 5.74) is 2.80. The quantitative estimate of drug-likeness (QED) is 0.725. The zero-order valence-corrected chi connectivity index (χ0v) is 9.53. The first-order valence-corrected chi connectivity index (χ1v) is 5.75. The van der Waals surface area contributed by atoms with E-state index < -0.39 is 0 Å². The molecular weight excluding hydrogens is 200 g/mol. The summed E-state index contributed by atoms with van der Waals surface area (Å²) in [6.07, 6.45) is 4.37. The lowest BCUT2D eigenvalue weighted by molar-refractivity contribution is 0.101. The number of ether oxygens (including phenoxy) is 1. The number of benzene rings is 1. The molecule has 1 heterocycles. The Hall–Kier alpha value is -1.57. The van der Waals surface area contributed by atoms with Crippen molar-refractivity contribution < 1.29 is 9.53 Å². The molecule has 0 aliphatic carbocycles. The standard InChI is InChI=1S/C14H16O2/c1-2-11-5-7-12(8-6-11)14(15)13-4-3-9-16-10-13/h5-8,10H,2-4,9H2,1H3. The monoisotopic (exact) mass is 216 g/mol. The lowest BCUT2D eigenvalue weighted by atomic mass is 9.98. The maximum Gasteiger partial charge on any atom is 0.192 e. The first-order chi connectivity index (χ1) is 7.81. The van der Waals surface area contributed by atoms with Crippen molar-refractivity contribution in [2.75, 3.05) is 6.61 Å². The molecule has 0 unspecified atom stereocenters. The Morgan fingerprint density at radius 3 is 2.62 bits per heavy atom. The molecule has 0 N–H and O–H groups in total. The van der Waals surface area contributed by atoms with Gasteiger partial charge in [-0.1, -0.05) is 31.2 Å². The first kappa shape index (κ1) is 10.9. The van der Waals surface area contributed by atoms with Gasteiger partial charge in [0.25, 0.3) is 0 Å². The fourth-order valence-electron chi connectivity index (χ4n) is 1.81. The molecule has 1 aliphatic heterocycles. The number of rotatable bonds is 3. The highest BCUT2D eigenvalue weighted by Gasteiger charge is 2.14. The van der Waals surface area contributed by atoms with E-state index in [2.05, 4.69) is 6.92 Å². The molecule has 0 saturated heterocycles. The lowest BCUT2D eigenvalue weighted by Gasteiger charge is -2.12. The minimum Gasteiger partial charge on any atom is -0.501 e. The smallest absolute Gasteiger partial charge is 0.192 e. The minimum absolute atomic E-state index is 0.0994. The Kier molecular flexibility index (Phi) is 3.40. The van der Waals surface area contributed by atoms with Crippen LogP contribution in [0, 0.1) is 0 Å². The summed E-state index contributed by atoms with van der Waals surface area (Å²) in [6, 6.07) is 7.82. The van der Waals surface area contributed by atoms with E-state index in [-0.39, 0.29) is 5.78 Å². The number of hydrogen-bond donors (Lipinski definition) is 0. The average molecular weight is 216 g/mol. The second-order valence-electron chi connectivity index (χ2n) is 4.00. The third kappa shape index (κ3) is 2.32. The fourth-order valence-corrected chi connectivity index (χ4v) is 1.81. The van der Waals surface area contributed by atoms with Crippen LogP contribution in [0.15, 0.2) is 36.1 Å². The third-order valence-corrected chi connectivity index (χ3v) is 2.85. The molecule has 2 nitrogen and oxygen atoms in total. The molecule has 0 radical (unpaired) electrons.